The number of carbonyl (C=O) groups excluding carboxylic acids is 2. The molecule has 0 spiro atoms. The first-order chi connectivity index (χ1) is 17.7. The number of fused-ring (bicyclic) bond motifs is 2. The molecule has 38 heavy (non-hydrogen) atoms. The van der Waals surface area contributed by atoms with Gasteiger partial charge in [0.05, 0.1) is 25.9 Å². The predicted octanol–water partition coefficient (Wildman–Crippen LogP) is 7.63. The first kappa shape index (κ1) is 29.0. The van der Waals surface area contributed by atoms with E-state index in [1.165, 1.54) is 11.1 Å². The Kier molecular flexibility index (Phi) is 8.05. The van der Waals surface area contributed by atoms with E-state index >= 15 is 0 Å². The average Bonchev–Trinajstić information content (AvgIpc) is 3.30. The minimum atomic E-state index is -0.496. The molecule has 0 bridgehead atoms. The topological polar surface area (TPSA) is 77.3 Å². The third-order valence-electron chi connectivity index (χ3n) is 9.26. The van der Waals surface area contributed by atoms with Gasteiger partial charge in [-0.05, 0) is 104 Å². The van der Waals surface area contributed by atoms with Gasteiger partial charge in [-0.15, -0.1) is 0 Å². The number of carbonyl (C=O) groups is 2. The van der Waals surface area contributed by atoms with E-state index in [0.29, 0.717) is 49.6 Å². The SMILES string of the molecule is CCC1=C[C@@H]2[C@H](C1)C[C@]2(CN=NC[C@@]1(CC(=O)OC(C)(C)C)C[C@@H]2CC(CC)=C[C@@H]21)CC(=O)OC(C)(C)C. The van der Waals surface area contributed by atoms with Crippen LogP contribution in [0.1, 0.15) is 107 Å². The number of ether oxygens (including phenoxy) is 2. The van der Waals surface area contributed by atoms with E-state index in [-0.39, 0.29) is 22.8 Å². The molecule has 4 rings (SSSR count). The maximum absolute atomic E-state index is 12.9. The molecule has 0 N–H and O–H groups in total. The highest BCUT2D eigenvalue weighted by Gasteiger charge is 2.57. The fourth-order valence-corrected chi connectivity index (χ4v) is 7.66. The normalized spacial score (nSPS) is 34.1. The van der Waals surface area contributed by atoms with Gasteiger partial charge in [-0.1, -0.05) is 37.1 Å². The van der Waals surface area contributed by atoms with Crippen molar-refractivity contribution in [2.24, 2.45) is 44.7 Å². The Hall–Kier alpha value is -1.98. The summed E-state index contributed by atoms with van der Waals surface area (Å²) in [7, 11) is 0. The highest BCUT2D eigenvalue weighted by molar-refractivity contribution is 5.72. The lowest BCUT2D eigenvalue weighted by Gasteiger charge is -2.52. The standard InChI is InChI=1S/C32H50N2O4/c1-9-21-11-23-15-31(25(23)13-21,17-27(35)37-29(3,4)5)19-33-34-20-32(18-28(36)38-30(6,7)8)16-24-12-22(10-2)14-26(24)32/h13-14,23-26H,9-12,15-20H2,1-8H3/t23-,24+,25-,26+,31-,32+. The van der Waals surface area contributed by atoms with Gasteiger partial charge in [0.1, 0.15) is 11.2 Å². The molecule has 6 nitrogen and oxygen atoms in total. The molecular formula is C32H50N2O4. The third kappa shape index (κ3) is 6.25. The van der Waals surface area contributed by atoms with Crippen LogP contribution >= 0.6 is 0 Å². The molecule has 0 aromatic heterocycles. The fourth-order valence-electron chi connectivity index (χ4n) is 7.66. The van der Waals surface area contributed by atoms with E-state index < -0.39 is 11.2 Å². The van der Waals surface area contributed by atoms with Crippen LogP contribution in [0.4, 0.5) is 0 Å². The van der Waals surface area contributed by atoms with Crippen LogP contribution in [-0.4, -0.2) is 36.2 Å². The molecule has 0 radical (unpaired) electrons. The molecule has 0 aromatic carbocycles. The van der Waals surface area contributed by atoms with Crippen molar-refractivity contribution in [1.29, 1.82) is 0 Å². The summed E-state index contributed by atoms with van der Waals surface area (Å²) in [6.45, 7) is 17.0. The van der Waals surface area contributed by atoms with Crippen molar-refractivity contribution in [2.45, 2.75) is 118 Å². The molecule has 0 heterocycles. The van der Waals surface area contributed by atoms with Crippen LogP contribution < -0.4 is 0 Å². The summed E-state index contributed by atoms with van der Waals surface area (Å²) in [5.74, 6) is 1.69. The predicted molar refractivity (Wildman–Crippen MR) is 150 cm³/mol. The minimum absolute atomic E-state index is 0.143. The lowest BCUT2D eigenvalue weighted by Crippen LogP contribution is -2.50. The summed E-state index contributed by atoms with van der Waals surface area (Å²) < 4.78 is 11.4. The van der Waals surface area contributed by atoms with Gasteiger partial charge in [0.15, 0.2) is 0 Å². The van der Waals surface area contributed by atoms with E-state index in [2.05, 4.69) is 26.0 Å². The van der Waals surface area contributed by atoms with Crippen LogP contribution in [0.15, 0.2) is 33.5 Å². The van der Waals surface area contributed by atoms with Crippen LogP contribution in [0.25, 0.3) is 0 Å². The number of hydrogen-bond acceptors (Lipinski definition) is 6. The first-order valence-corrected chi connectivity index (χ1v) is 14.8. The Bertz CT molecular complexity index is 933. The average molecular weight is 527 g/mol. The van der Waals surface area contributed by atoms with Gasteiger partial charge in [-0.3, -0.25) is 9.59 Å². The van der Waals surface area contributed by atoms with Gasteiger partial charge in [0, 0.05) is 10.8 Å². The smallest absolute Gasteiger partial charge is 0.306 e. The minimum Gasteiger partial charge on any atom is -0.460 e. The zero-order valence-corrected chi connectivity index (χ0v) is 25.1. The molecule has 2 saturated carbocycles. The van der Waals surface area contributed by atoms with Crippen molar-refractivity contribution < 1.29 is 19.1 Å². The highest BCUT2D eigenvalue weighted by atomic mass is 16.6. The maximum Gasteiger partial charge on any atom is 0.306 e. The molecule has 2 fully saturated rings. The number of azo groups is 1. The van der Waals surface area contributed by atoms with Crippen molar-refractivity contribution >= 4 is 11.9 Å². The number of allylic oxidation sites excluding steroid dienone is 4. The molecule has 6 heteroatoms. The summed E-state index contributed by atoms with van der Waals surface area (Å²) in [6, 6.07) is 0. The van der Waals surface area contributed by atoms with Crippen molar-refractivity contribution in [3.05, 3.63) is 23.3 Å². The van der Waals surface area contributed by atoms with Crippen LogP contribution in [0.5, 0.6) is 0 Å². The van der Waals surface area contributed by atoms with Crippen LogP contribution in [0.2, 0.25) is 0 Å². The molecule has 4 aliphatic carbocycles. The van der Waals surface area contributed by atoms with Crippen molar-refractivity contribution in [2.75, 3.05) is 13.1 Å². The van der Waals surface area contributed by atoms with Crippen molar-refractivity contribution in [1.82, 2.24) is 0 Å². The van der Waals surface area contributed by atoms with E-state index in [4.69, 9.17) is 19.7 Å². The molecule has 212 valence electrons. The third-order valence-corrected chi connectivity index (χ3v) is 9.26. The van der Waals surface area contributed by atoms with Crippen molar-refractivity contribution in [3.63, 3.8) is 0 Å². The summed E-state index contributed by atoms with van der Waals surface area (Å²) >= 11 is 0. The van der Waals surface area contributed by atoms with E-state index in [0.717, 1.165) is 38.5 Å². The van der Waals surface area contributed by atoms with E-state index in [1.54, 1.807) is 0 Å². The van der Waals surface area contributed by atoms with Gasteiger partial charge < -0.3 is 9.47 Å². The molecule has 0 amide bonds. The van der Waals surface area contributed by atoms with Gasteiger partial charge in [0.2, 0.25) is 0 Å². The summed E-state index contributed by atoms with van der Waals surface area (Å²) in [5.41, 5.74) is 1.58. The summed E-state index contributed by atoms with van der Waals surface area (Å²) in [5, 5.41) is 9.49. The fraction of sp³-hybridized carbons (Fsp3) is 0.812. The quantitative estimate of drug-likeness (QED) is 0.167. The number of rotatable bonds is 10. The number of hydrogen-bond donors (Lipinski definition) is 0. The van der Waals surface area contributed by atoms with Crippen LogP contribution in [0.3, 0.4) is 0 Å². The Morgan fingerprint density at radius 2 is 1.13 bits per heavy atom. The lowest BCUT2D eigenvalue weighted by atomic mass is 9.53. The van der Waals surface area contributed by atoms with Crippen molar-refractivity contribution in [3.8, 4) is 0 Å². The summed E-state index contributed by atoms with van der Waals surface area (Å²) in [6.07, 6.45) is 12.0. The Labute approximate surface area is 230 Å². The first-order valence-electron chi connectivity index (χ1n) is 14.8. The zero-order valence-electron chi connectivity index (χ0n) is 25.1. The molecular weight excluding hydrogens is 476 g/mol. The van der Waals surface area contributed by atoms with Gasteiger partial charge >= 0.3 is 11.9 Å². The monoisotopic (exact) mass is 526 g/mol. The molecule has 4 aliphatic rings. The second kappa shape index (κ2) is 10.5. The summed E-state index contributed by atoms with van der Waals surface area (Å²) in [4.78, 5) is 25.8. The zero-order chi connectivity index (χ0) is 27.9. The molecule has 0 unspecified atom stereocenters. The maximum atomic E-state index is 12.9. The Morgan fingerprint density at radius 1 is 0.763 bits per heavy atom. The molecule has 6 atom stereocenters. The molecule has 0 aromatic rings. The largest absolute Gasteiger partial charge is 0.460 e. The van der Waals surface area contributed by atoms with Gasteiger partial charge in [0.25, 0.3) is 0 Å². The number of nitrogens with zero attached hydrogens (tertiary/aromatic N) is 2. The van der Waals surface area contributed by atoms with E-state index in [9.17, 15) is 9.59 Å². The van der Waals surface area contributed by atoms with Crippen LogP contribution in [0, 0.1) is 34.5 Å². The second-order valence-electron chi connectivity index (χ2n) is 14.6. The van der Waals surface area contributed by atoms with Gasteiger partial charge in [-0.25, -0.2) is 0 Å². The Morgan fingerprint density at radius 3 is 1.45 bits per heavy atom. The molecule has 0 saturated heterocycles. The second-order valence-corrected chi connectivity index (χ2v) is 14.6. The highest BCUT2D eigenvalue weighted by Crippen LogP contribution is 2.62. The van der Waals surface area contributed by atoms with Crippen LogP contribution in [-0.2, 0) is 19.1 Å². The lowest BCUT2D eigenvalue weighted by molar-refractivity contribution is -0.163. The molecule has 0 aliphatic heterocycles. The Balaban J connectivity index is 1.47. The van der Waals surface area contributed by atoms with Gasteiger partial charge in [-0.2, -0.15) is 10.2 Å². The van der Waals surface area contributed by atoms with E-state index in [1.807, 2.05) is 41.5 Å². The number of esters is 2.